The van der Waals surface area contributed by atoms with Crippen molar-refractivity contribution in [3.05, 3.63) is 0 Å². The zero-order chi connectivity index (χ0) is 8.65. The average Bonchev–Trinajstić information content (AvgIpc) is 1.85. The second-order valence-corrected chi connectivity index (χ2v) is 4.10. The third kappa shape index (κ3) is 1.20. The summed E-state index contributed by atoms with van der Waals surface area (Å²) in [4.78, 5) is 11.0. The van der Waals surface area contributed by atoms with E-state index in [-0.39, 0.29) is 23.7 Å². The predicted molar refractivity (Wildman–Crippen MR) is 43.1 cm³/mol. The molecular weight excluding hydrogens is 140 g/mol. The maximum Gasteiger partial charge on any atom is 0.133 e. The third-order valence-corrected chi connectivity index (χ3v) is 3.18. The highest BCUT2D eigenvalue weighted by Crippen LogP contribution is 2.51. The van der Waals surface area contributed by atoms with Crippen LogP contribution in [0.3, 0.4) is 0 Å². The van der Waals surface area contributed by atoms with Crippen LogP contribution in [-0.4, -0.2) is 17.5 Å². The largest absolute Gasteiger partial charge is 0.396 e. The Bertz CT molecular complexity index is 172. The van der Waals surface area contributed by atoms with E-state index >= 15 is 0 Å². The lowest BCUT2D eigenvalue weighted by Crippen LogP contribution is -2.49. The number of Topliss-reactive ketones (excluding diaryl/α,β-unsaturated/α-hetero) is 1. The molecule has 1 fully saturated rings. The number of ketones is 1. The lowest BCUT2D eigenvalue weighted by molar-refractivity contribution is -0.138. The third-order valence-electron chi connectivity index (χ3n) is 3.18. The second kappa shape index (κ2) is 2.59. The summed E-state index contributed by atoms with van der Waals surface area (Å²) < 4.78 is 0. The van der Waals surface area contributed by atoms with E-state index in [1.807, 2.05) is 0 Å². The lowest BCUT2D eigenvalue weighted by atomic mass is 9.54. The first-order valence-electron chi connectivity index (χ1n) is 4.11. The molecule has 0 amide bonds. The van der Waals surface area contributed by atoms with Crippen LogP contribution in [0.2, 0.25) is 0 Å². The summed E-state index contributed by atoms with van der Waals surface area (Å²) in [6, 6.07) is 0. The molecular formula is C9H16O2. The maximum atomic E-state index is 11.0. The van der Waals surface area contributed by atoms with Gasteiger partial charge in [0.1, 0.15) is 5.78 Å². The summed E-state index contributed by atoms with van der Waals surface area (Å²) >= 11 is 0. The molecule has 0 aromatic carbocycles. The van der Waals surface area contributed by atoms with Gasteiger partial charge in [0.25, 0.3) is 0 Å². The predicted octanol–water partition coefficient (Wildman–Crippen LogP) is 1.23. The van der Waals surface area contributed by atoms with Crippen LogP contribution in [0.1, 0.15) is 27.2 Å². The van der Waals surface area contributed by atoms with E-state index in [4.69, 9.17) is 5.11 Å². The Hall–Kier alpha value is -0.370. The molecule has 1 N–H and O–H groups in total. The number of rotatable bonds is 2. The standard InChI is InChI=1S/C9H16O2/c1-6(11)8-4-7(5-10)9(8,2)3/h7-8,10H,4-5H2,1-3H3. The van der Waals surface area contributed by atoms with Gasteiger partial charge in [-0.1, -0.05) is 13.8 Å². The molecule has 0 aliphatic heterocycles. The highest BCUT2D eigenvalue weighted by molar-refractivity contribution is 5.80. The minimum absolute atomic E-state index is 0.0284. The van der Waals surface area contributed by atoms with Gasteiger partial charge in [-0.3, -0.25) is 4.79 Å². The molecule has 0 bridgehead atoms. The molecule has 1 aliphatic carbocycles. The first-order chi connectivity index (χ1) is 5.00. The number of carbonyl (C=O) groups excluding carboxylic acids is 1. The van der Waals surface area contributed by atoms with E-state index in [1.54, 1.807) is 6.92 Å². The minimum atomic E-state index is 0.0284. The molecule has 0 radical (unpaired) electrons. The fourth-order valence-electron chi connectivity index (χ4n) is 2.02. The van der Waals surface area contributed by atoms with Crippen LogP contribution in [0, 0.1) is 17.3 Å². The Morgan fingerprint density at radius 2 is 2.18 bits per heavy atom. The minimum Gasteiger partial charge on any atom is -0.396 e. The number of aliphatic hydroxyl groups is 1. The number of aliphatic hydroxyl groups excluding tert-OH is 1. The van der Waals surface area contributed by atoms with Crippen LogP contribution in [0.4, 0.5) is 0 Å². The Kier molecular flexibility index (Phi) is 2.06. The van der Waals surface area contributed by atoms with E-state index < -0.39 is 0 Å². The van der Waals surface area contributed by atoms with Gasteiger partial charge in [0, 0.05) is 12.5 Å². The molecule has 1 saturated carbocycles. The summed E-state index contributed by atoms with van der Waals surface area (Å²) in [6.45, 7) is 5.98. The van der Waals surface area contributed by atoms with Gasteiger partial charge >= 0.3 is 0 Å². The smallest absolute Gasteiger partial charge is 0.133 e. The molecule has 2 heteroatoms. The lowest BCUT2D eigenvalue weighted by Gasteiger charge is -2.50. The molecule has 2 atom stereocenters. The topological polar surface area (TPSA) is 37.3 Å². The highest BCUT2D eigenvalue weighted by atomic mass is 16.3. The van der Waals surface area contributed by atoms with Crippen molar-refractivity contribution in [2.45, 2.75) is 27.2 Å². The van der Waals surface area contributed by atoms with Gasteiger partial charge < -0.3 is 5.11 Å². The van der Waals surface area contributed by atoms with Gasteiger partial charge in [-0.05, 0) is 24.7 Å². The fourth-order valence-corrected chi connectivity index (χ4v) is 2.02. The Morgan fingerprint density at radius 1 is 1.64 bits per heavy atom. The summed E-state index contributed by atoms with van der Waals surface area (Å²) in [5, 5.41) is 8.91. The van der Waals surface area contributed by atoms with E-state index in [1.165, 1.54) is 0 Å². The van der Waals surface area contributed by atoms with Gasteiger partial charge in [-0.25, -0.2) is 0 Å². The van der Waals surface area contributed by atoms with Crippen LogP contribution < -0.4 is 0 Å². The van der Waals surface area contributed by atoms with Crippen molar-refractivity contribution >= 4 is 5.78 Å². The van der Waals surface area contributed by atoms with Crippen molar-refractivity contribution in [3.8, 4) is 0 Å². The van der Waals surface area contributed by atoms with Gasteiger partial charge in [0.05, 0.1) is 0 Å². The molecule has 0 saturated heterocycles. The molecule has 2 nitrogen and oxygen atoms in total. The monoisotopic (exact) mass is 156 g/mol. The summed E-state index contributed by atoms with van der Waals surface area (Å²) in [6.07, 6.45) is 0.874. The second-order valence-electron chi connectivity index (χ2n) is 4.10. The SMILES string of the molecule is CC(=O)C1CC(CO)C1(C)C. The van der Waals surface area contributed by atoms with Crippen LogP contribution >= 0.6 is 0 Å². The van der Waals surface area contributed by atoms with Crippen LogP contribution in [0.5, 0.6) is 0 Å². The molecule has 1 rings (SSSR count). The molecule has 0 aromatic rings. The Labute approximate surface area is 67.6 Å². The molecule has 11 heavy (non-hydrogen) atoms. The molecule has 1 aliphatic rings. The van der Waals surface area contributed by atoms with Gasteiger partial charge in [-0.15, -0.1) is 0 Å². The van der Waals surface area contributed by atoms with Gasteiger partial charge in [0.15, 0.2) is 0 Å². The van der Waals surface area contributed by atoms with Crippen molar-refractivity contribution in [1.82, 2.24) is 0 Å². The quantitative estimate of drug-likeness (QED) is 0.653. The molecule has 0 aromatic heterocycles. The van der Waals surface area contributed by atoms with Crippen molar-refractivity contribution in [2.75, 3.05) is 6.61 Å². The summed E-state index contributed by atoms with van der Waals surface area (Å²) in [7, 11) is 0. The molecule has 2 unspecified atom stereocenters. The van der Waals surface area contributed by atoms with Crippen molar-refractivity contribution in [3.63, 3.8) is 0 Å². The van der Waals surface area contributed by atoms with Gasteiger partial charge in [-0.2, -0.15) is 0 Å². The molecule has 0 heterocycles. The van der Waals surface area contributed by atoms with Crippen LogP contribution in [0.15, 0.2) is 0 Å². The van der Waals surface area contributed by atoms with Crippen molar-refractivity contribution in [2.24, 2.45) is 17.3 Å². The molecule has 64 valence electrons. The highest BCUT2D eigenvalue weighted by Gasteiger charge is 2.49. The zero-order valence-corrected chi connectivity index (χ0v) is 7.42. The Balaban J connectivity index is 2.61. The fraction of sp³-hybridized carbons (Fsp3) is 0.889. The maximum absolute atomic E-state index is 11.0. The van der Waals surface area contributed by atoms with Crippen molar-refractivity contribution in [1.29, 1.82) is 0 Å². The normalized spacial score (nSPS) is 34.5. The van der Waals surface area contributed by atoms with Crippen LogP contribution in [0.25, 0.3) is 0 Å². The number of hydrogen-bond acceptors (Lipinski definition) is 2. The zero-order valence-electron chi connectivity index (χ0n) is 7.42. The van der Waals surface area contributed by atoms with Crippen molar-refractivity contribution < 1.29 is 9.90 Å². The van der Waals surface area contributed by atoms with E-state index in [0.29, 0.717) is 5.92 Å². The van der Waals surface area contributed by atoms with E-state index in [2.05, 4.69) is 13.8 Å². The summed E-state index contributed by atoms with van der Waals surface area (Å²) in [5.41, 5.74) is 0.0284. The first-order valence-corrected chi connectivity index (χ1v) is 4.11. The number of carbonyl (C=O) groups is 1. The van der Waals surface area contributed by atoms with E-state index in [9.17, 15) is 4.79 Å². The van der Waals surface area contributed by atoms with E-state index in [0.717, 1.165) is 6.42 Å². The van der Waals surface area contributed by atoms with Crippen LogP contribution in [-0.2, 0) is 4.79 Å². The number of hydrogen-bond donors (Lipinski definition) is 1. The van der Waals surface area contributed by atoms with Gasteiger partial charge in [0.2, 0.25) is 0 Å². The Morgan fingerprint density at radius 3 is 2.45 bits per heavy atom. The first kappa shape index (κ1) is 8.72. The molecule has 0 spiro atoms. The average molecular weight is 156 g/mol. The summed E-state index contributed by atoms with van der Waals surface area (Å²) in [5.74, 6) is 0.774.